The first-order valence-electron chi connectivity index (χ1n) is 9.03. The van der Waals surface area contributed by atoms with Gasteiger partial charge < -0.3 is 19.5 Å². The lowest BCUT2D eigenvalue weighted by molar-refractivity contribution is -0.135. The van der Waals surface area contributed by atoms with Gasteiger partial charge in [-0.2, -0.15) is 0 Å². The van der Waals surface area contributed by atoms with Crippen LogP contribution in [0.2, 0.25) is 0 Å². The van der Waals surface area contributed by atoms with E-state index in [1.54, 1.807) is 24.8 Å². The van der Waals surface area contributed by atoms with Gasteiger partial charge in [0.05, 0.1) is 29.8 Å². The number of aryl methyl sites for hydroxylation is 2. The number of amides is 2. The zero-order chi connectivity index (χ0) is 20.5. The normalized spacial score (nSPS) is 14.3. The Labute approximate surface area is 169 Å². The molecule has 0 bridgehead atoms. The van der Waals surface area contributed by atoms with Crippen LogP contribution in [0.4, 0.5) is 5.82 Å². The number of nitrogens with one attached hydrogen (secondary N) is 1. The Balaban J connectivity index is 1.60. The Morgan fingerprint density at radius 3 is 2.72 bits per heavy atom. The van der Waals surface area contributed by atoms with Crippen LogP contribution in [0.3, 0.4) is 0 Å². The molecule has 4 heterocycles. The molecule has 3 aromatic heterocycles. The van der Waals surface area contributed by atoms with Crippen molar-refractivity contribution in [1.29, 1.82) is 0 Å². The van der Waals surface area contributed by atoms with Crippen molar-refractivity contribution in [3.63, 3.8) is 0 Å². The molecule has 0 atom stereocenters. The van der Waals surface area contributed by atoms with Crippen molar-refractivity contribution in [3.8, 4) is 0 Å². The molecule has 11 heteroatoms. The highest BCUT2D eigenvalue weighted by atomic mass is 32.1. The smallest absolute Gasteiger partial charge is 0.267 e. The SMILES string of the molecule is Cc1cc(NC(=O)c2sc3ncn(CC(=O)N4CCOCC4)c(=O)c3c2C)no1. The van der Waals surface area contributed by atoms with E-state index in [1.165, 1.54) is 10.9 Å². The first-order valence-corrected chi connectivity index (χ1v) is 9.84. The molecule has 0 saturated carbocycles. The molecule has 1 aliphatic heterocycles. The largest absolute Gasteiger partial charge is 0.378 e. The summed E-state index contributed by atoms with van der Waals surface area (Å²) in [5.41, 5.74) is 0.176. The van der Waals surface area contributed by atoms with E-state index < -0.39 is 5.91 Å². The lowest BCUT2D eigenvalue weighted by Crippen LogP contribution is -2.43. The van der Waals surface area contributed by atoms with Crippen LogP contribution in [0.1, 0.15) is 21.0 Å². The number of hydrogen-bond donors (Lipinski definition) is 1. The molecular formula is C18H19N5O5S. The maximum atomic E-state index is 12.9. The number of rotatable bonds is 4. The maximum absolute atomic E-state index is 12.9. The highest BCUT2D eigenvalue weighted by molar-refractivity contribution is 7.20. The minimum Gasteiger partial charge on any atom is -0.378 e. The molecule has 0 radical (unpaired) electrons. The summed E-state index contributed by atoms with van der Waals surface area (Å²) in [6.07, 6.45) is 1.35. The van der Waals surface area contributed by atoms with Crippen LogP contribution in [0.15, 0.2) is 21.7 Å². The van der Waals surface area contributed by atoms with E-state index in [1.807, 2.05) is 0 Å². The molecule has 0 unspecified atom stereocenters. The van der Waals surface area contributed by atoms with Gasteiger partial charge in [-0.1, -0.05) is 5.16 Å². The molecule has 29 heavy (non-hydrogen) atoms. The lowest BCUT2D eigenvalue weighted by Gasteiger charge is -2.26. The molecule has 10 nitrogen and oxygen atoms in total. The highest BCUT2D eigenvalue weighted by Crippen LogP contribution is 2.27. The molecule has 1 aliphatic rings. The fraction of sp³-hybridized carbons (Fsp3) is 0.389. The summed E-state index contributed by atoms with van der Waals surface area (Å²) in [6.45, 7) is 5.31. The van der Waals surface area contributed by atoms with Crippen LogP contribution < -0.4 is 10.9 Å². The van der Waals surface area contributed by atoms with E-state index in [2.05, 4.69) is 15.5 Å². The predicted octanol–water partition coefficient (Wildman–Crippen LogP) is 1.17. The number of carbonyl (C=O) groups excluding carboxylic acids is 2. The van der Waals surface area contributed by atoms with Crippen molar-refractivity contribution in [3.05, 3.63) is 38.9 Å². The van der Waals surface area contributed by atoms with Gasteiger partial charge in [-0.25, -0.2) is 4.98 Å². The quantitative estimate of drug-likeness (QED) is 0.677. The van der Waals surface area contributed by atoms with E-state index >= 15 is 0 Å². The van der Waals surface area contributed by atoms with Crippen molar-refractivity contribution in [2.45, 2.75) is 20.4 Å². The topological polar surface area (TPSA) is 120 Å². The van der Waals surface area contributed by atoms with Gasteiger partial charge in [-0.05, 0) is 19.4 Å². The van der Waals surface area contributed by atoms with Gasteiger partial charge in [0.2, 0.25) is 5.91 Å². The molecule has 0 aliphatic carbocycles. The lowest BCUT2D eigenvalue weighted by atomic mass is 10.2. The number of carbonyl (C=O) groups is 2. The van der Waals surface area contributed by atoms with Gasteiger partial charge in [-0.15, -0.1) is 11.3 Å². The van der Waals surface area contributed by atoms with E-state index in [-0.39, 0.29) is 18.0 Å². The molecule has 2 amide bonds. The molecule has 4 rings (SSSR count). The molecular weight excluding hydrogens is 398 g/mol. The summed E-state index contributed by atoms with van der Waals surface area (Å²) < 4.78 is 11.5. The fourth-order valence-corrected chi connectivity index (χ4v) is 4.18. The molecule has 1 N–H and O–H groups in total. The average Bonchev–Trinajstić information content (AvgIpc) is 3.27. The second-order valence-electron chi connectivity index (χ2n) is 6.68. The van der Waals surface area contributed by atoms with Gasteiger partial charge in [0.1, 0.15) is 17.1 Å². The van der Waals surface area contributed by atoms with Gasteiger partial charge in [-0.3, -0.25) is 19.0 Å². The Morgan fingerprint density at radius 2 is 2.03 bits per heavy atom. The molecule has 1 fully saturated rings. The molecule has 152 valence electrons. The second kappa shape index (κ2) is 7.76. The zero-order valence-electron chi connectivity index (χ0n) is 15.9. The number of anilines is 1. The molecule has 0 aromatic carbocycles. The first kappa shape index (κ1) is 19.3. The number of thiophene rings is 1. The van der Waals surface area contributed by atoms with E-state index in [4.69, 9.17) is 9.26 Å². The van der Waals surface area contributed by atoms with Crippen LogP contribution >= 0.6 is 11.3 Å². The van der Waals surface area contributed by atoms with Crippen molar-refractivity contribution < 1.29 is 18.8 Å². The number of aromatic nitrogens is 3. The van der Waals surface area contributed by atoms with Crippen molar-refractivity contribution in [1.82, 2.24) is 19.6 Å². The zero-order valence-corrected chi connectivity index (χ0v) is 16.7. The van der Waals surface area contributed by atoms with Gasteiger partial charge in [0.15, 0.2) is 5.82 Å². The van der Waals surface area contributed by atoms with Crippen molar-refractivity contribution >= 4 is 39.2 Å². The van der Waals surface area contributed by atoms with Crippen molar-refractivity contribution in [2.75, 3.05) is 31.6 Å². The first-order chi connectivity index (χ1) is 13.9. The van der Waals surface area contributed by atoms with Crippen molar-refractivity contribution in [2.24, 2.45) is 0 Å². The molecule has 0 spiro atoms. The number of morpholine rings is 1. The summed E-state index contributed by atoms with van der Waals surface area (Å²) in [7, 11) is 0. The summed E-state index contributed by atoms with van der Waals surface area (Å²) in [6, 6.07) is 1.60. The van der Waals surface area contributed by atoms with E-state index in [0.29, 0.717) is 58.5 Å². The minimum absolute atomic E-state index is 0.100. The van der Waals surface area contributed by atoms with Crippen LogP contribution in [0.5, 0.6) is 0 Å². The average molecular weight is 417 g/mol. The number of hydrogen-bond acceptors (Lipinski definition) is 8. The second-order valence-corrected chi connectivity index (χ2v) is 7.68. The Hall–Kier alpha value is -3.05. The maximum Gasteiger partial charge on any atom is 0.267 e. The Kier molecular flexibility index (Phi) is 5.16. The predicted molar refractivity (Wildman–Crippen MR) is 105 cm³/mol. The van der Waals surface area contributed by atoms with Crippen LogP contribution in [0, 0.1) is 13.8 Å². The van der Waals surface area contributed by atoms with Crippen LogP contribution in [-0.4, -0.2) is 57.7 Å². The summed E-state index contributed by atoms with van der Waals surface area (Å²) in [5.74, 6) is 0.312. The minimum atomic E-state index is -0.394. The Morgan fingerprint density at radius 1 is 1.28 bits per heavy atom. The number of fused-ring (bicyclic) bond motifs is 1. The third-order valence-electron chi connectivity index (χ3n) is 4.66. The summed E-state index contributed by atoms with van der Waals surface area (Å²) >= 11 is 1.12. The summed E-state index contributed by atoms with van der Waals surface area (Å²) in [4.78, 5) is 44.8. The number of nitrogens with zero attached hydrogens (tertiary/aromatic N) is 4. The third-order valence-corrected chi connectivity index (χ3v) is 5.86. The third kappa shape index (κ3) is 3.78. The highest BCUT2D eigenvalue weighted by Gasteiger charge is 2.22. The summed E-state index contributed by atoms with van der Waals surface area (Å²) in [5, 5.41) is 6.73. The van der Waals surface area contributed by atoms with Gasteiger partial charge >= 0.3 is 0 Å². The molecule has 3 aromatic rings. The standard InChI is InChI=1S/C18H19N5O5S/c1-10-7-12(21-28-10)20-16(25)15-11(2)14-17(29-15)19-9-23(18(14)26)8-13(24)22-3-5-27-6-4-22/h7,9H,3-6,8H2,1-2H3,(H,20,21,25). The fourth-order valence-electron chi connectivity index (χ4n) is 3.15. The monoisotopic (exact) mass is 417 g/mol. The van der Waals surface area contributed by atoms with Gasteiger partial charge in [0, 0.05) is 19.2 Å². The molecule has 1 saturated heterocycles. The van der Waals surface area contributed by atoms with Gasteiger partial charge in [0.25, 0.3) is 11.5 Å². The Bertz CT molecular complexity index is 1140. The van der Waals surface area contributed by atoms with Crippen LogP contribution in [0.25, 0.3) is 10.2 Å². The van der Waals surface area contributed by atoms with E-state index in [9.17, 15) is 14.4 Å². The number of ether oxygens (including phenoxy) is 1. The van der Waals surface area contributed by atoms with E-state index in [0.717, 1.165) is 11.3 Å². The van der Waals surface area contributed by atoms with Crippen LogP contribution in [-0.2, 0) is 16.1 Å².